The van der Waals surface area contributed by atoms with Gasteiger partial charge in [-0.2, -0.15) is 0 Å². The number of pyridine rings is 2. The molecule has 2 aromatic heterocycles. The molecule has 5 aliphatic rings. The molecule has 1 fully saturated rings. The van der Waals surface area contributed by atoms with E-state index in [2.05, 4.69) is 48.3 Å². The van der Waals surface area contributed by atoms with E-state index in [4.69, 9.17) is 19.6 Å². The number of carboxylic acids is 1. The summed E-state index contributed by atoms with van der Waals surface area (Å²) in [6.07, 6.45) is 5.36. The summed E-state index contributed by atoms with van der Waals surface area (Å²) in [6.45, 7) is 9.47. The molecule has 1 saturated carbocycles. The summed E-state index contributed by atoms with van der Waals surface area (Å²) in [7, 11) is 1.59. The number of esters is 1. The van der Waals surface area contributed by atoms with E-state index in [1.165, 1.54) is 31.8 Å². The number of nitrogens with one attached hydrogen (secondary N) is 7. The number of aliphatic carboxylic acids is 1. The molecular formula is C50H62FN10O13Pb. The van der Waals surface area contributed by atoms with Gasteiger partial charge < -0.3 is 56.4 Å². The van der Waals surface area contributed by atoms with Crippen molar-refractivity contribution >= 4 is 90.5 Å². The van der Waals surface area contributed by atoms with Crippen molar-refractivity contribution in [3.05, 3.63) is 86.1 Å². The van der Waals surface area contributed by atoms with Crippen LogP contribution in [0.5, 0.6) is 0 Å². The molecule has 3 radical (unpaired) electrons. The van der Waals surface area contributed by atoms with E-state index >= 15 is 4.39 Å². The number of imide groups is 1. The number of carbonyl (C=O) groups is 9. The standard InChI is InChI=1S/C35H37FN6O8.C11H15N3O3.C3H7NO2.CH3.Pb/c1-3-18-20-8-26-31-21(12-42(26)32(46)22(20)13-50-33(18)47)30-24(5-4-19-17(2)23(36)9-25(40-31)29(19)30)41-34(48)35(6-7-35)14-49-16-39-28(45)11-38-27(44)10-37-15-43;1-3-12-8(2)6-13-9(15)7-14-10(16)4-5-11(14)17;1-4-2-3(5)6;;/h8-9,15,18,24H,3-7,10-14,16H2,1-2H3,(H,37,43)(H,38,44)(H,39,45)(H,41,48);4-5,12H,2-3,6-7H2,1H3,(H,13,15);4H,2H2,1H3,(H,5,6);1H3;. The Hall–Kier alpha value is -6.94. The van der Waals surface area contributed by atoms with Gasteiger partial charge in [0.25, 0.3) is 17.4 Å². The van der Waals surface area contributed by atoms with Gasteiger partial charge in [-0.05, 0) is 81.3 Å². The number of amides is 7. The zero-order chi connectivity index (χ0) is 55.1. The molecule has 3 aromatic rings. The van der Waals surface area contributed by atoms with E-state index in [-0.39, 0.29) is 82.5 Å². The number of aromatic nitrogens is 2. The molecule has 2 unspecified atom stereocenters. The Bertz CT molecular complexity index is 2830. The van der Waals surface area contributed by atoms with Gasteiger partial charge in [0.15, 0.2) is 0 Å². The van der Waals surface area contributed by atoms with Crippen LogP contribution in [0, 0.1) is 18.2 Å². The number of carboxylic acid groups (broad SMARTS) is 1. The summed E-state index contributed by atoms with van der Waals surface area (Å²) < 4.78 is 30.0. The molecule has 2 atom stereocenters. The maximum atomic E-state index is 15.2. The van der Waals surface area contributed by atoms with E-state index in [1.807, 2.05) is 19.9 Å². The Morgan fingerprint density at radius 3 is 2.24 bits per heavy atom. The van der Waals surface area contributed by atoms with E-state index in [1.54, 1.807) is 18.5 Å². The van der Waals surface area contributed by atoms with Crippen LogP contribution >= 0.6 is 0 Å². The zero-order valence-electron chi connectivity index (χ0n) is 42.4. The van der Waals surface area contributed by atoms with Gasteiger partial charge in [0.2, 0.25) is 30.0 Å². The quantitative estimate of drug-likeness (QED) is 0.0143. The molecule has 8 N–H and O–H groups in total. The Kier molecular flexibility index (Phi) is 21.2. The average molecular weight is 1240 g/mol. The number of likely N-dealkylation sites (N-methyl/N-ethyl adjacent to an activating group) is 2. The molecule has 1 aromatic carbocycles. The fraction of sp³-hybridized carbons (Fsp3) is 0.460. The van der Waals surface area contributed by atoms with Crippen LogP contribution in [0.15, 0.2) is 41.4 Å². The van der Waals surface area contributed by atoms with Crippen molar-refractivity contribution in [2.45, 2.75) is 82.5 Å². The van der Waals surface area contributed by atoms with Gasteiger partial charge in [0.1, 0.15) is 25.7 Å². The third kappa shape index (κ3) is 14.3. The normalized spacial score (nSPS) is 16.6. The first-order valence-corrected chi connectivity index (χ1v) is 28.0. The third-order valence-corrected chi connectivity index (χ3v) is 12.8. The predicted octanol–water partition coefficient (Wildman–Crippen LogP) is -0.0965. The van der Waals surface area contributed by atoms with Crippen LogP contribution in [0.1, 0.15) is 84.9 Å². The topological polar surface area (TPSA) is 315 Å². The second-order valence-electron chi connectivity index (χ2n) is 17.8. The number of nitrogens with zero attached hydrogens (tertiary/aromatic N) is 3. The Morgan fingerprint density at radius 2 is 1.63 bits per heavy atom. The summed E-state index contributed by atoms with van der Waals surface area (Å²) in [4.78, 5) is 123. The van der Waals surface area contributed by atoms with Crippen molar-refractivity contribution in [2.75, 3.05) is 59.7 Å². The third-order valence-electron chi connectivity index (χ3n) is 12.8. The maximum absolute atomic E-state index is 15.2. The molecule has 75 heavy (non-hydrogen) atoms. The fourth-order valence-corrected chi connectivity index (χ4v) is 8.89. The Morgan fingerprint density at radius 1 is 0.947 bits per heavy atom. The van der Waals surface area contributed by atoms with Gasteiger partial charge in [-0.1, -0.05) is 13.5 Å². The van der Waals surface area contributed by atoms with Crippen molar-refractivity contribution in [1.82, 2.24) is 51.7 Å². The number of halogens is 1. The molecule has 2 aliphatic carbocycles. The SMILES string of the molecule is C=C(CNC(=O)CN1C(=O)C=CC1=O)NCC.CCC1C(=O)OCc2c1cc1n(c2=O)Cc2c-1nc1cc(F)c(C)c3c1c2C(NC(=O)C1(COCNC(=O)CNC(=O)CNC=O)CC1)CC3.CNCC(=O)O.[CH3][Pb]. The Labute approximate surface area is 447 Å². The molecule has 25 heteroatoms. The van der Waals surface area contributed by atoms with Gasteiger partial charge in [-0.3, -0.25) is 52.8 Å². The number of fused-ring (bicyclic) bond motifs is 5. The first kappa shape index (κ1) is 58.9. The zero-order valence-corrected chi connectivity index (χ0v) is 46.3. The monoisotopic (exact) mass is 1240 g/mol. The number of ether oxygens (including phenoxy) is 2. The molecular weight excluding hydrogens is 1170 g/mol. The summed E-state index contributed by atoms with van der Waals surface area (Å²) in [5.74, 6) is -4.66. The Balaban J connectivity index is 0.000000345. The van der Waals surface area contributed by atoms with Crippen molar-refractivity contribution in [3.8, 4) is 11.4 Å². The van der Waals surface area contributed by atoms with Gasteiger partial charge in [0, 0.05) is 41.4 Å². The van der Waals surface area contributed by atoms with Gasteiger partial charge >= 0.3 is 42.2 Å². The van der Waals surface area contributed by atoms with E-state index in [0.717, 1.165) is 45.7 Å². The summed E-state index contributed by atoms with van der Waals surface area (Å²) >= 11 is 1.31. The molecule has 0 saturated heterocycles. The molecule has 8 rings (SSSR count). The van der Waals surface area contributed by atoms with Crippen molar-refractivity contribution in [1.29, 1.82) is 0 Å². The van der Waals surface area contributed by atoms with E-state index in [0.29, 0.717) is 77.8 Å². The number of carbonyl (C=O) groups excluding carboxylic acids is 8. The summed E-state index contributed by atoms with van der Waals surface area (Å²) in [6, 6.07) is 2.81. The molecule has 401 valence electrons. The molecule has 23 nitrogen and oxygen atoms in total. The first-order chi connectivity index (χ1) is 35.9. The van der Waals surface area contributed by atoms with Gasteiger partial charge in [0.05, 0.1) is 79.2 Å². The number of benzene rings is 1. The first-order valence-electron chi connectivity index (χ1n) is 24.1. The molecule has 7 amide bonds. The predicted molar refractivity (Wildman–Crippen MR) is 270 cm³/mol. The van der Waals surface area contributed by atoms with Crippen LogP contribution < -0.4 is 42.8 Å². The number of rotatable bonds is 20. The van der Waals surface area contributed by atoms with E-state index < -0.39 is 52.9 Å². The van der Waals surface area contributed by atoms with Crippen molar-refractivity contribution in [2.24, 2.45) is 5.41 Å². The van der Waals surface area contributed by atoms with Crippen LogP contribution in [0.4, 0.5) is 4.39 Å². The van der Waals surface area contributed by atoms with Crippen LogP contribution in [0.2, 0.25) is 4.48 Å². The molecule has 0 spiro atoms. The second-order valence-corrected chi connectivity index (χ2v) is 17.8. The summed E-state index contributed by atoms with van der Waals surface area (Å²) in [5.41, 5.74) is 5.22. The fourth-order valence-electron chi connectivity index (χ4n) is 8.89. The van der Waals surface area contributed by atoms with E-state index in [9.17, 15) is 47.9 Å². The van der Waals surface area contributed by atoms with Crippen LogP contribution in [-0.4, -0.2) is 159 Å². The van der Waals surface area contributed by atoms with Gasteiger partial charge in [-0.25, -0.2) is 9.37 Å². The average Bonchev–Trinajstić information content (AvgIpc) is 4.01. The number of aryl methyl sites for hydroxylation is 1. The summed E-state index contributed by atoms with van der Waals surface area (Å²) in [5, 5.41) is 26.9. The number of cyclic esters (lactones) is 1. The second kappa shape index (κ2) is 27.0. The van der Waals surface area contributed by atoms with Gasteiger partial charge in [-0.15, -0.1) is 0 Å². The number of hydrogen-bond acceptors (Lipinski definition) is 15. The minimum absolute atomic E-state index is 0.0417. The molecule has 0 bridgehead atoms. The molecule has 3 aliphatic heterocycles. The van der Waals surface area contributed by atoms with Crippen LogP contribution in [0.25, 0.3) is 22.3 Å². The minimum atomic E-state index is -0.822. The van der Waals surface area contributed by atoms with Crippen LogP contribution in [0.3, 0.4) is 0 Å². The molecule has 5 heterocycles. The number of hydrogen-bond donors (Lipinski definition) is 8. The van der Waals surface area contributed by atoms with Crippen LogP contribution in [-0.2, 0) is 72.2 Å². The van der Waals surface area contributed by atoms with Crippen molar-refractivity contribution < 1.29 is 62.1 Å². The van der Waals surface area contributed by atoms with Crippen molar-refractivity contribution in [3.63, 3.8) is 0 Å².